The number of hydrogen-bond acceptors (Lipinski definition) is 2. The van der Waals surface area contributed by atoms with Gasteiger partial charge in [-0.1, -0.05) is 0 Å². The Morgan fingerprint density at radius 1 is 0.889 bits per heavy atom. The monoisotopic (exact) mass is 253 g/mol. The third-order valence-electron chi connectivity index (χ3n) is 3.77. The van der Waals surface area contributed by atoms with E-state index in [1.165, 1.54) is 6.42 Å². The van der Waals surface area contributed by atoms with E-state index in [4.69, 9.17) is 0 Å². The summed E-state index contributed by atoms with van der Waals surface area (Å²) in [5, 5.41) is 2.81. The Balaban J connectivity index is 1.80. The first kappa shape index (κ1) is 13.2. The maximum absolute atomic E-state index is 12.1. The highest BCUT2D eigenvalue weighted by Crippen LogP contribution is 2.11. The highest BCUT2D eigenvalue weighted by Gasteiger charge is 2.25. The molecular formula is C13H23N3O2. The summed E-state index contributed by atoms with van der Waals surface area (Å²) in [7, 11) is 0. The van der Waals surface area contributed by atoms with Crippen LogP contribution in [0.5, 0.6) is 0 Å². The molecule has 2 heterocycles. The standard InChI is InChI=1S/C13H23N3O2/c1-11(12(17)15-7-3-2-4-8-15)14-13(18)16-9-5-6-10-16/h11H,2-10H2,1H3,(H,14,18). The van der Waals surface area contributed by atoms with Gasteiger partial charge in [-0.25, -0.2) is 4.79 Å². The van der Waals surface area contributed by atoms with Crippen molar-refractivity contribution in [3.8, 4) is 0 Å². The van der Waals surface area contributed by atoms with Gasteiger partial charge in [-0.15, -0.1) is 0 Å². The molecule has 2 aliphatic rings. The van der Waals surface area contributed by atoms with Crippen molar-refractivity contribution in [2.45, 2.75) is 45.1 Å². The third kappa shape index (κ3) is 3.15. The van der Waals surface area contributed by atoms with Crippen molar-refractivity contribution < 1.29 is 9.59 Å². The zero-order valence-corrected chi connectivity index (χ0v) is 11.2. The number of nitrogens with zero attached hydrogens (tertiary/aromatic N) is 2. The molecule has 1 unspecified atom stereocenters. The predicted molar refractivity (Wildman–Crippen MR) is 69.2 cm³/mol. The lowest BCUT2D eigenvalue weighted by molar-refractivity contribution is -0.133. The zero-order valence-electron chi connectivity index (χ0n) is 11.2. The van der Waals surface area contributed by atoms with Crippen molar-refractivity contribution in [2.24, 2.45) is 0 Å². The van der Waals surface area contributed by atoms with Crippen LogP contribution in [0.15, 0.2) is 0 Å². The second-order valence-corrected chi connectivity index (χ2v) is 5.25. The Morgan fingerprint density at radius 3 is 2.00 bits per heavy atom. The quantitative estimate of drug-likeness (QED) is 0.804. The van der Waals surface area contributed by atoms with Gasteiger partial charge in [0.2, 0.25) is 5.91 Å². The van der Waals surface area contributed by atoms with Crippen LogP contribution in [0.1, 0.15) is 39.0 Å². The molecule has 102 valence electrons. The van der Waals surface area contributed by atoms with E-state index in [-0.39, 0.29) is 11.9 Å². The van der Waals surface area contributed by atoms with Crippen LogP contribution in [0, 0.1) is 0 Å². The fraction of sp³-hybridized carbons (Fsp3) is 0.846. The summed E-state index contributed by atoms with van der Waals surface area (Å²) in [6.07, 6.45) is 5.51. The van der Waals surface area contributed by atoms with E-state index in [9.17, 15) is 9.59 Å². The lowest BCUT2D eigenvalue weighted by Gasteiger charge is -2.30. The van der Waals surface area contributed by atoms with E-state index in [0.717, 1.165) is 51.9 Å². The van der Waals surface area contributed by atoms with Gasteiger partial charge in [-0.2, -0.15) is 0 Å². The Hall–Kier alpha value is -1.26. The molecule has 2 fully saturated rings. The lowest BCUT2D eigenvalue weighted by Crippen LogP contribution is -2.51. The number of nitrogens with one attached hydrogen (secondary N) is 1. The van der Waals surface area contributed by atoms with Crippen molar-refractivity contribution >= 4 is 11.9 Å². The molecule has 18 heavy (non-hydrogen) atoms. The Bertz CT molecular complexity index is 307. The van der Waals surface area contributed by atoms with Crippen molar-refractivity contribution in [3.05, 3.63) is 0 Å². The molecule has 0 bridgehead atoms. The van der Waals surface area contributed by atoms with Crippen molar-refractivity contribution in [2.75, 3.05) is 26.2 Å². The summed E-state index contributed by atoms with van der Waals surface area (Å²) in [4.78, 5) is 27.7. The summed E-state index contributed by atoms with van der Waals surface area (Å²) in [5.74, 6) is 0.0576. The normalized spacial score (nSPS) is 21.8. The van der Waals surface area contributed by atoms with Gasteiger partial charge in [0.25, 0.3) is 0 Å². The third-order valence-corrected chi connectivity index (χ3v) is 3.77. The zero-order chi connectivity index (χ0) is 13.0. The summed E-state index contributed by atoms with van der Waals surface area (Å²) in [6, 6.07) is -0.499. The van der Waals surface area contributed by atoms with Gasteiger partial charge in [-0.3, -0.25) is 4.79 Å². The number of carbonyl (C=O) groups is 2. The van der Waals surface area contributed by atoms with Gasteiger partial charge in [0.1, 0.15) is 6.04 Å². The number of amides is 3. The molecule has 2 aliphatic heterocycles. The maximum atomic E-state index is 12.1. The summed E-state index contributed by atoms with van der Waals surface area (Å²) in [5.41, 5.74) is 0. The first-order valence-corrected chi connectivity index (χ1v) is 7.03. The van der Waals surface area contributed by atoms with Crippen LogP contribution in [0.25, 0.3) is 0 Å². The topological polar surface area (TPSA) is 52.7 Å². The molecule has 1 N–H and O–H groups in total. The van der Waals surface area contributed by atoms with Crippen molar-refractivity contribution in [1.82, 2.24) is 15.1 Å². The van der Waals surface area contributed by atoms with E-state index in [0.29, 0.717) is 0 Å². The van der Waals surface area contributed by atoms with Crippen LogP contribution in [0.4, 0.5) is 4.79 Å². The second-order valence-electron chi connectivity index (χ2n) is 5.25. The van der Waals surface area contributed by atoms with E-state index in [1.807, 2.05) is 4.90 Å². The molecule has 3 amide bonds. The average molecular weight is 253 g/mol. The smallest absolute Gasteiger partial charge is 0.318 e. The van der Waals surface area contributed by atoms with E-state index in [1.54, 1.807) is 11.8 Å². The van der Waals surface area contributed by atoms with Crippen molar-refractivity contribution in [3.63, 3.8) is 0 Å². The lowest BCUT2D eigenvalue weighted by atomic mass is 10.1. The minimum atomic E-state index is -0.406. The van der Waals surface area contributed by atoms with Gasteiger partial charge in [0.05, 0.1) is 0 Å². The first-order valence-electron chi connectivity index (χ1n) is 7.03. The molecular weight excluding hydrogens is 230 g/mol. The van der Waals surface area contributed by atoms with Gasteiger partial charge < -0.3 is 15.1 Å². The van der Waals surface area contributed by atoms with Gasteiger partial charge in [-0.05, 0) is 39.0 Å². The molecule has 0 saturated carbocycles. The van der Waals surface area contributed by atoms with Gasteiger partial charge >= 0.3 is 6.03 Å². The Kier molecular flexibility index (Phi) is 4.44. The van der Waals surface area contributed by atoms with Gasteiger partial charge in [0.15, 0.2) is 0 Å². The number of carbonyl (C=O) groups excluding carboxylic acids is 2. The van der Waals surface area contributed by atoms with E-state index >= 15 is 0 Å². The minimum absolute atomic E-state index is 0.0576. The van der Waals surface area contributed by atoms with Gasteiger partial charge in [0, 0.05) is 26.2 Å². The first-order chi connectivity index (χ1) is 8.68. The van der Waals surface area contributed by atoms with Crippen LogP contribution in [-0.2, 0) is 4.79 Å². The number of piperidine rings is 1. The summed E-state index contributed by atoms with van der Waals surface area (Å²) < 4.78 is 0. The summed E-state index contributed by atoms with van der Waals surface area (Å²) in [6.45, 7) is 5.09. The molecule has 2 rings (SSSR count). The molecule has 0 aromatic rings. The SMILES string of the molecule is CC(NC(=O)N1CCCC1)C(=O)N1CCCCC1. The van der Waals surface area contributed by atoms with Crippen LogP contribution >= 0.6 is 0 Å². The van der Waals surface area contributed by atoms with Crippen LogP contribution in [0.2, 0.25) is 0 Å². The average Bonchev–Trinajstić information content (AvgIpc) is 2.92. The molecule has 0 aromatic carbocycles. The van der Waals surface area contributed by atoms with Crippen LogP contribution < -0.4 is 5.32 Å². The largest absolute Gasteiger partial charge is 0.341 e. The van der Waals surface area contributed by atoms with E-state index in [2.05, 4.69) is 5.32 Å². The Labute approximate surface area is 108 Å². The molecule has 1 atom stereocenters. The fourth-order valence-electron chi connectivity index (χ4n) is 2.65. The number of rotatable bonds is 2. The highest BCUT2D eigenvalue weighted by molar-refractivity contribution is 5.86. The molecule has 5 heteroatoms. The number of urea groups is 1. The Morgan fingerprint density at radius 2 is 1.39 bits per heavy atom. The number of hydrogen-bond donors (Lipinski definition) is 1. The number of likely N-dealkylation sites (tertiary alicyclic amines) is 2. The van der Waals surface area contributed by atoms with Crippen LogP contribution in [-0.4, -0.2) is 54.0 Å². The molecule has 0 radical (unpaired) electrons. The fourth-order valence-corrected chi connectivity index (χ4v) is 2.65. The minimum Gasteiger partial charge on any atom is -0.341 e. The molecule has 0 aliphatic carbocycles. The maximum Gasteiger partial charge on any atom is 0.318 e. The molecule has 5 nitrogen and oxygen atoms in total. The molecule has 0 spiro atoms. The predicted octanol–water partition coefficient (Wildman–Crippen LogP) is 1.19. The van der Waals surface area contributed by atoms with Crippen LogP contribution in [0.3, 0.4) is 0 Å². The second kappa shape index (κ2) is 6.07. The van der Waals surface area contributed by atoms with Crippen molar-refractivity contribution in [1.29, 1.82) is 0 Å². The molecule has 2 saturated heterocycles. The summed E-state index contributed by atoms with van der Waals surface area (Å²) >= 11 is 0. The van der Waals surface area contributed by atoms with E-state index < -0.39 is 6.04 Å². The highest BCUT2D eigenvalue weighted by atomic mass is 16.2. The molecule has 0 aromatic heterocycles.